The number of hydrogen-bond acceptors (Lipinski definition) is 5. The molecule has 5 nitrogen and oxygen atoms in total. The van der Waals surface area contributed by atoms with E-state index in [1.54, 1.807) is 42.6 Å². The Hall–Kier alpha value is -3.39. The number of aromatic nitrogens is 2. The number of carbonyl (C=O) groups is 1. The van der Waals surface area contributed by atoms with Crippen LogP contribution in [-0.4, -0.2) is 22.5 Å². The third-order valence-corrected chi connectivity index (χ3v) is 6.07. The standard InChI is InChI=1S/C25H23F2N3O2S/c1-2-3-6-13-32-20-10-8-17(9-11-20)24(31)30(16-19-7-4-5-12-28-19)25-29-23-21(27)14-18(26)15-22(23)33-25/h4-5,7-12,14-15H,2-3,6,13,16H2,1H3. The number of unbranched alkanes of at least 4 members (excludes halogenated alkanes) is 2. The largest absolute Gasteiger partial charge is 0.494 e. The van der Waals surface area contributed by atoms with Gasteiger partial charge in [0.25, 0.3) is 5.91 Å². The summed E-state index contributed by atoms with van der Waals surface area (Å²) < 4.78 is 34.0. The lowest BCUT2D eigenvalue weighted by Crippen LogP contribution is -2.30. The fourth-order valence-electron chi connectivity index (χ4n) is 3.33. The molecule has 1 amide bonds. The number of anilines is 1. The Labute approximate surface area is 194 Å². The molecule has 0 aliphatic rings. The Kier molecular flexibility index (Phi) is 7.24. The molecular weight excluding hydrogens is 444 g/mol. The molecule has 0 unspecified atom stereocenters. The maximum Gasteiger partial charge on any atom is 0.260 e. The Morgan fingerprint density at radius 1 is 1.09 bits per heavy atom. The molecule has 8 heteroatoms. The summed E-state index contributed by atoms with van der Waals surface area (Å²) in [7, 11) is 0. The molecule has 2 heterocycles. The van der Waals surface area contributed by atoms with E-state index in [0.717, 1.165) is 36.7 Å². The van der Waals surface area contributed by atoms with Gasteiger partial charge in [0.2, 0.25) is 0 Å². The zero-order valence-electron chi connectivity index (χ0n) is 18.1. The number of benzene rings is 2. The minimum Gasteiger partial charge on any atom is -0.494 e. The Bertz CT molecular complexity index is 1230. The van der Waals surface area contributed by atoms with E-state index in [1.807, 2.05) is 6.07 Å². The highest BCUT2D eigenvalue weighted by Crippen LogP contribution is 2.33. The van der Waals surface area contributed by atoms with Crippen molar-refractivity contribution in [1.29, 1.82) is 0 Å². The van der Waals surface area contributed by atoms with Gasteiger partial charge in [-0.2, -0.15) is 0 Å². The van der Waals surface area contributed by atoms with Gasteiger partial charge in [0.1, 0.15) is 17.1 Å². The topological polar surface area (TPSA) is 55.3 Å². The number of rotatable bonds is 9. The van der Waals surface area contributed by atoms with Gasteiger partial charge in [-0.25, -0.2) is 13.8 Å². The summed E-state index contributed by atoms with van der Waals surface area (Å²) in [6.07, 6.45) is 4.83. The Balaban J connectivity index is 1.62. The third-order valence-electron chi connectivity index (χ3n) is 5.04. The molecule has 2 aromatic carbocycles. The fourth-order valence-corrected chi connectivity index (χ4v) is 4.34. The van der Waals surface area contributed by atoms with E-state index < -0.39 is 11.6 Å². The van der Waals surface area contributed by atoms with Crippen LogP contribution in [0, 0.1) is 11.6 Å². The van der Waals surface area contributed by atoms with Crippen molar-refractivity contribution in [2.24, 2.45) is 0 Å². The molecule has 0 aliphatic carbocycles. The van der Waals surface area contributed by atoms with Crippen LogP contribution in [0.15, 0.2) is 60.8 Å². The third kappa shape index (κ3) is 5.51. The van der Waals surface area contributed by atoms with Crippen LogP contribution in [-0.2, 0) is 6.54 Å². The summed E-state index contributed by atoms with van der Waals surface area (Å²) in [6, 6.07) is 14.3. The van der Waals surface area contributed by atoms with Crippen LogP contribution < -0.4 is 9.64 Å². The first-order chi connectivity index (χ1) is 16.0. The lowest BCUT2D eigenvalue weighted by Gasteiger charge is -2.19. The number of fused-ring (bicyclic) bond motifs is 1. The van der Waals surface area contributed by atoms with Gasteiger partial charge >= 0.3 is 0 Å². The molecule has 4 rings (SSSR count). The van der Waals surface area contributed by atoms with Gasteiger partial charge in [0.05, 0.1) is 23.5 Å². The maximum absolute atomic E-state index is 14.2. The number of hydrogen-bond donors (Lipinski definition) is 0. The smallest absolute Gasteiger partial charge is 0.260 e. The minimum atomic E-state index is -0.762. The number of pyridine rings is 1. The van der Waals surface area contributed by atoms with Crippen molar-refractivity contribution in [2.45, 2.75) is 32.7 Å². The monoisotopic (exact) mass is 467 g/mol. The molecule has 0 bridgehead atoms. The molecule has 0 atom stereocenters. The Morgan fingerprint density at radius 2 is 1.91 bits per heavy atom. The molecule has 33 heavy (non-hydrogen) atoms. The zero-order valence-corrected chi connectivity index (χ0v) is 18.9. The minimum absolute atomic E-state index is 0.0334. The van der Waals surface area contributed by atoms with Gasteiger partial charge < -0.3 is 4.74 Å². The van der Waals surface area contributed by atoms with E-state index in [2.05, 4.69) is 16.9 Å². The first-order valence-corrected chi connectivity index (χ1v) is 11.6. The van der Waals surface area contributed by atoms with Gasteiger partial charge in [0.15, 0.2) is 10.9 Å². The van der Waals surface area contributed by atoms with Gasteiger partial charge in [-0.15, -0.1) is 0 Å². The first-order valence-electron chi connectivity index (χ1n) is 10.8. The van der Waals surface area contributed by atoms with Crippen LogP contribution in [0.25, 0.3) is 10.2 Å². The van der Waals surface area contributed by atoms with E-state index in [1.165, 1.54) is 11.0 Å². The summed E-state index contributed by atoms with van der Waals surface area (Å²) in [4.78, 5) is 23.5. The predicted octanol–water partition coefficient (Wildman–Crippen LogP) is 6.39. The van der Waals surface area contributed by atoms with E-state index >= 15 is 0 Å². The van der Waals surface area contributed by atoms with Crippen molar-refractivity contribution in [2.75, 3.05) is 11.5 Å². The molecule has 0 aliphatic heterocycles. The van der Waals surface area contributed by atoms with Crippen molar-refractivity contribution in [1.82, 2.24) is 9.97 Å². The molecule has 2 aromatic heterocycles. The molecule has 170 valence electrons. The maximum atomic E-state index is 14.2. The van der Waals surface area contributed by atoms with Crippen LogP contribution in [0.3, 0.4) is 0 Å². The van der Waals surface area contributed by atoms with Crippen LogP contribution in [0.2, 0.25) is 0 Å². The van der Waals surface area contributed by atoms with Crippen molar-refractivity contribution in [3.63, 3.8) is 0 Å². The average molecular weight is 468 g/mol. The molecule has 4 aromatic rings. The molecule has 0 radical (unpaired) electrons. The normalized spacial score (nSPS) is 11.0. The Morgan fingerprint density at radius 3 is 2.64 bits per heavy atom. The second-order valence-corrected chi connectivity index (χ2v) is 8.53. The number of thiazole rings is 1. The second-order valence-electron chi connectivity index (χ2n) is 7.52. The van der Waals surface area contributed by atoms with Gasteiger partial charge in [-0.1, -0.05) is 37.2 Å². The van der Waals surface area contributed by atoms with Crippen molar-refractivity contribution < 1.29 is 18.3 Å². The lowest BCUT2D eigenvalue weighted by molar-refractivity contribution is 0.0984. The second kappa shape index (κ2) is 10.5. The quantitative estimate of drug-likeness (QED) is 0.268. The molecule has 0 N–H and O–H groups in total. The molecular formula is C25H23F2N3O2S. The molecule has 0 fully saturated rings. The summed E-state index contributed by atoms with van der Waals surface area (Å²) in [5, 5.41) is 0.269. The van der Waals surface area contributed by atoms with E-state index in [-0.39, 0.29) is 23.1 Å². The van der Waals surface area contributed by atoms with Crippen LogP contribution in [0.5, 0.6) is 5.75 Å². The molecule has 0 saturated carbocycles. The summed E-state index contributed by atoms with van der Waals surface area (Å²) in [5.41, 5.74) is 1.11. The number of amides is 1. The van der Waals surface area contributed by atoms with Gasteiger partial charge in [-0.3, -0.25) is 14.7 Å². The average Bonchev–Trinajstić information content (AvgIpc) is 3.25. The van der Waals surface area contributed by atoms with E-state index in [4.69, 9.17) is 4.74 Å². The summed E-state index contributed by atoms with van der Waals surface area (Å²) >= 11 is 1.06. The fraction of sp³-hybridized carbons (Fsp3) is 0.240. The van der Waals surface area contributed by atoms with E-state index in [0.29, 0.717) is 28.3 Å². The lowest BCUT2D eigenvalue weighted by atomic mass is 10.2. The number of ether oxygens (including phenoxy) is 1. The van der Waals surface area contributed by atoms with Crippen LogP contribution in [0.1, 0.15) is 42.2 Å². The number of carbonyl (C=O) groups excluding carboxylic acids is 1. The van der Waals surface area contributed by atoms with E-state index in [9.17, 15) is 13.6 Å². The molecule has 0 saturated heterocycles. The SMILES string of the molecule is CCCCCOc1ccc(C(=O)N(Cc2ccccn2)c2nc3c(F)cc(F)cc3s2)cc1. The van der Waals surface area contributed by atoms with Crippen LogP contribution >= 0.6 is 11.3 Å². The zero-order chi connectivity index (χ0) is 23.2. The summed E-state index contributed by atoms with van der Waals surface area (Å²) in [6.45, 7) is 2.90. The summed E-state index contributed by atoms with van der Waals surface area (Å²) in [5.74, 6) is -1.08. The van der Waals surface area contributed by atoms with Crippen molar-refractivity contribution in [3.05, 3.63) is 83.7 Å². The van der Waals surface area contributed by atoms with Crippen LogP contribution in [0.4, 0.5) is 13.9 Å². The first kappa shape index (κ1) is 22.8. The predicted molar refractivity (Wildman–Crippen MR) is 126 cm³/mol. The highest BCUT2D eigenvalue weighted by Gasteiger charge is 2.23. The highest BCUT2D eigenvalue weighted by atomic mass is 32.1. The molecule has 0 spiro atoms. The van der Waals surface area contributed by atoms with Crippen molar-refractivity contribution >= 4 is 32.6 Å². The van der Waals surface area contributed by atoms with Crippen molar-refractivity contribution in [3.8, 4) is 5.75 Å². The number of nitrogens with zero attached hydrogens (tertiary/aromatic N) is 3. The number of halogens is 2. The van der Waals surface area contributed by atoms with Gasteiger partial charge in [-0.05, 0) is 48.9 Å². The highest BCUT2D eigenvalue weighted by molar-refractivity contribution is 7.22. The van der Waals surface area contributed by atoms with Gasteiger partial charge in [0, 0.05) is 17.8 Å².